The van der Waals surface area contributed by atoms with Crippen molar-refractivity contribution >= 4 is 17.3 Å². The number of esters is 1. The maximum absolute atomic E-state index is 11.4. The quantitative estimate of drug-likeness (QED) is 0.597. The largest absolute Gasteiger partial charge is 0.465 e. The van der Waals surface area contributed by atoms with Gasteiger partial charge in [0, 0.05) is 12.6 Å². The maximum atomic E-state index is 11.4. The van der Waals surface area contributed by atoms with Crippen LogP contribution in [0.15, 0.2) is 18.2 Å². The number of methoxy groups -OCH3 is 1. The highest BCUT2D eigenvalue weighted by molar-refractivity contribution is 5.91. The summed E-state index contributed by atoms with van der Waals surface area (Å²) in [6, 6.07) is 5.12. The molecule has 3 N–H and O–H groups in total. The summed E-state index contributed by atoms with van der Waals surface area (Å²) in [6.07, 6.45) is 0. The number of carbonyl (C=O) groups is 1. The van der Waals surface area contributed by atoms with Gasteiger partial charge in [0.1, 0.15) is 0 Å². The van der Waals surface area contributed by atoms with Gasteiger partial charge in [0.05, 0.1) is 30.7 Å². The minimum atomic E-state index is -0.379. The second-order valence-electron chi connectivity index (χ2n) is 4.00. The van der Waals surface area contributed by atoms with Gasteiger partial charge in [-0.15, -0.1) is 0 Å². The van der Waals surface area contributed by atoms with Crippen LogP contribution in [0.2, 0.25) is 0 Å². The summed E-state index contributed by atoms with van der Waals surface area (Å²) in [6.45, 7) is 5.18. The van der Waals surface area contributed by atoms with Gasteiger partial charge in [0.15, 0.2) is 0 Å². The number of benzene rings is 1. The van der Waals surface area contributed by atoms with E-state index in [-0.39, 0.29) is 12.0 Å². The van der Waals surface area contributed by atoms with Crippen LogP contribution in [-0.4, -0.2) is 32.3 Å². The van der Waals surface area contributed by atoms with E-state index in [2.05, 4.69) is 10.1 Å². The third-order valence-corrected chi connectivity index (χ3v) is 2.45. The predicted molar refractivity (Wildman–Crippen MR) is 71.8 cm³/mol. The van der Waals surface area contributed by atoms with Gasteiger partial charge in [-0.25, -0.2) is 4.79 Å². The van der Waals surface area contributed by atoms with Crippen molar-refractivity contribution in [2.24, 2.45) is 0 Å². The van der Waals surface area contributed by atoms with E-state index < -0.39 is 0 Å². The highest BCUT2D eigenvalue weighted by Crippen LogP contribution is 2.21. The standard InChI is InChI=1S/C13H20N2O3/c1-4-18-8-9(2)15-12-7-10(13(16)17-3)5-6-11(12)14/h5-7,9,15H,4,8,14H2,1-3H3. The Morgan fingerprint density at radius 3 is 2.83 bits per heavy atom. The summed E-state index contributed by atoms with van der Waals surface area (Å²) in [7, 11) is 1.35. The minimum absolute atomic E-state index is 0.111. The van der Waals surface area contributed by atoms with Crippen molar-refractivity contribution in [3.05, 3.63) is 23.8 Å². The smallest absolute Gasteiger partial charge is 0.337 e. The van der Waals surface area contributed by atoms with Gasteiger partial charge in [0.2, 0.25) is 0 Å². The number of hydrogen-bond acceptors (Lipinski definition) is 5. The third kappa shape index (κ3) is 3.92. The zero-order chi connectivity index (χ0) is 13.5. The molecule has 0 bridgehead atoms. The molecule has 5 heteroatoms. The molecule has 0 aliphatic carbocycles. The summed E-state index contributed by atoms with van der Waals surface area (Å²) < 4.78 is 9.98. The topological polar surface area (TPSA) is 73.6 Å². The fourth-order valence-corrected chi connectivity index (χ4v) is 1.53. The van der Waals surface area contributed by atoms with Crippen molar-refractivity contribution in [3.63, 3.8) is 0 Å². The molecule has 1 aromatic carbocycles. The van der Waals surface area contributed by atoms with Crippen molar-refractivity contribution in [1.29, 1.82) is 0 Å². The lowest BCUT2D eigenvalue weighted by Gasteiger charge is -2.17. The number of carbonyl (C=O) groups excluding carboxylic acids is 1. The first-order valence-corrected chi connectivity index (χ1v) is 5.90. The number of rotatable bonds is 6. The summed E-state index contributed by atoms with van der Waals surface area (Å²) in [5, 5.41) is 3.21. The van der Waals surface area contributed by atoms with Crippen LogP contribution < -0.4 is 11.1 Å². The van der Waals surface area contributed by atoms with E-state index in [0.717, 1.165) is 0 Å². The van der Waals surface area contributed by atoms with E-state index in [0.29, 0.717) is 30.2 Å². The molecule has 0 spiro atoms. The first-order valence-electron chi connectivity index (χ1n) is 5.90. The van der Waals surface area contributed by atoms with Crippen LogP contribution in [0.3, 0.4) is 0 Å². The van der Waals surface area contributed by atoms with Crippen LogP contribution in [0, 0.1) is 0 Å². The molecule has 0 heterocycles. The van der Waals surface area contributed by atoms with Gasteiger partial charge in [-0.1, -0.05) is 0 Å². The first kappa shape index (κ1) is 14.3. The Labute approximate surface area is 107 Å². The van der Waals surface area contributed by atoms with Gasteiger partial charge in [-0.3, -0.25) is 0 Å². The van der Waals surface area contributed by atoms with Crippen molar-refractivity contribution < 1.29 is 14.3 Å². The fourth-order valence-electron chi connectivity index (χ4n) is 1.53. The van der Waals surface area contributed by atoms with Gasteiger partial charge >= 0.3 is 5.97 Å². The second kappa shape index (κ2) is 6.86. The zero-order valence-electron chi connectivity index (χ0n) is 11.0. The number of nitrogens with two attached hydrogens (primary N) is 1. The van der Waals surface area contributed by atoms with Crippen LogP contribution in [0.5, 0.6) is 0 Å². The Morgan fingerprint density at radius 1 is 1.50 bits per heavy atom. The highest BCUT2D eigenvalue weighted by Gasteiger charge is 2.10. The molecule has 1 atom stereocenters. The number of nitrogens with one attached hydrogen (secondary N) is 1. The van der Waals surface area contributed by atoms with E-state index in [1.54, 1.807) is 18.2 Å². The van der Waals surface area contributed by atoms with E-state index in [4.69, 9.17) is 10.5 Å². The Bertz CT molecular complexity index is 407. The zero-order valence-corrected chi connectivity index (χ0v) is 11.0. The SMILES string of the molecule is CCOCC(C)Nc1cc(C(=O)OC)ccc1N. The molecule has 1 unspecified atom stereocenters. The fraction of sp³-hybridized carbons (Fsp3) is 0.462. The minimum Gasteiger partial charge on any atom is -0.465 e. The van der Waals surface area contributed by atoms with Crippen LogP contribution in [0.1, 0.15) is 24.2 Å². The molecule has 1 aromatic rings. The van der Waals surface area contributed by atoms with Gasteiger partial charge in [0.25, 0.3) is 0 Å². The molecule has 0 aromatic heterocycles. The third-order valence-electron chi connectivity index (χ3n) is 2.45. The second-order valence-corrected chi connectivity index (χ2v) is 4.00. The molecule has 0 saturated carbocycles. The molecule has 0 fully saturated rings. The van der Waals surface area contributed by atoms with Crippen LogP contribution in [0.25, 0.3) is 0 Å². The molecule has 100 valence electrons. The van der Waals surface area contributed by atoms with Crippen LogP contribution >= 0.6 is 0 Å². The molecule has 0 amide bonds. The molecule has 0 aliphatic rings. The predicted octanol–water partition coefficient (Wildman–Crippen LogP) is 1.89. The Hall–Kier alpha value is -1.75. The van der Waals surface area contributed by atoms with Crippen LogP contribution in [0.4, 0.5) is 11.4 Å². The molecular formula is C13H20N2O3. The number of anilines is 2. The molecule has 0 saturated heterocycles. The van der Waals surface area contributed by atoms with Crippen molar-refractivity contribution in [3.8, 4) is 0 Å². The molecule has 1 rings (SSSR count). The van der Waals surface area contributed by atoms with Crippen molar-refractivity contribution in [1.82, 2.24) is 0 Å². The number of hydrogen-bond donors (Lipinski definition) is 2. The number of nitrogen functional groups attached to an aromatic ring is 1. The van der Waals surface area contributed by atoms with Gasteiger partial charge in [-0.2, -0.15) is 0 Å². The Kier molecular flexibility index (Phi) is 5.45. The molecule has 5 nitrogen and oxygen atoms in total. The normalized spacial score (nSPS) is 11.9. The summed E-state index contributed by atoms with van der Waals surface area (Å²) in [5.41, 5.74) is 7.62. The monoisotopic (exact) mass is 252 g/mol. The van der Waals surface area contributed by atoms with Crippen molar-refractivity contribution in [2.75, 3.05) is 31.4 Å². The molecule has 0 aliphatic heterocycles. The summed E-state index contributed by atoms with van der Waals surface area (Å²) in [5.74, 6) is -0.379. The van der Waals surface area contributed by atoms with E-state index in [9.17, 15) is 4.79 Å². The van der Waals surface area contributed by atoms with E-state index in [1.807, 2.05) is 13.8 Å². The van der Waals surface area contributed by atoms with E-state index in [1.165, 1.54) is 7.11 Å². The van der Waals surface area contributed by atoms with Crippen molar-refractivity contribution in [2.45, 2.75) is 19.9 Å². The van der Waals surface area contributed by atoms with Gasteiger partial charge < -0.3 is 20.5 Å². The lowest BCUT2D eigenvalue weighted by molar-refractivity contribution is 0.0601. The average Bonchev–Trinajstić information content (AvgIpc) is 2.38. The van der Waals surface area contributed by atoms with Gasteiger partial charge in [-0.05, 0) is 32.0 Å². The first-order chi connectivity index (χ1) is 8.58. The Balaban J connectivity index is 2.77. The van der Waals surface area contributed by atoms with E-state index >= 15 is 0 Å². The highest BCUT2D eigenvalue weighted by atomic mass is 16.5. The average molecular weight is 252 g/mol. The lowest BCUT2D eigenvalue weighted by Crippen LogP contribution is -2.22. The van der Waals surface area contributed by atoms with Crippen LogP contribution in [-0.2, 0) is 9.47 Å². The Morgan fingerprint density at radius 2 is 2.22 bits per heavy atom. The molecule has 0 radical (unpaired) electrons. The summed E-state index contributed by atoms with van der Waals surface area (Å²) in [4.78, 5) is 11.4. The molecule has 18 heavy (non-hydrogen) atoms. The lowest BCUT2D eigenvalue weighted by atomic mass is 10.1. The summed E-state index contributed by atoms with van der Waals surface area (Å²) >= 11 is 0. The molecular weight excluding hydrogens is 232 g/mol. The number of ether oxygens (including phenoxy) is 2. The maximum Gasteiger partial charge on any atom is 0.337 e.